The highest BCUT2D eigenvalue weighted by atomic mass is 16.3. The molecule has 2 N–H and O–H groups in total. The van der Waals surface area contributed by atoms with Crippen molar-refractivity contribution in [3.05, 3.63) is 0 Å². The number of aliphatic hydroxyl groups is 1. The molecule has 0 aliphatic rings. The van der Waals surface area contributed by atoms with Gasteiger partial charge in [-0.3, -0.25) is 0 Å². The maximum absolute atomic E-state index is 9.59. The Morgan fingerprint density at radius 2 is 1.45 bits per heavy atom. The van der Waals surface area contributed by atoms with Crippen LogP contribution in [0.5, 0.6) is 0 Å². The number of nitrogens with one attached hydrogen (secondary N) is 1. The SMILES string of the molecule is C[C@@H](NC(C)(C)C)C(C)(C)O. The zero-order valence-corrected chi connectivity index (χ0v) is 8.52. The van der Waals surface area contributed by atoms with Gasteiger partial charge >= 0.3 is 0 Å². The lowest BCUT2D eigenvalue weighted by Crippen LogP contribution is -2.52. The van der Waals surface area contributed by atoms with E-state index in [1.165, 1.54) is 0 Å². The highest BCUT2D eigenvalue weighted by Gasteiger charge is 2.25. The van der Waals surface area contributed by atoms with Gasteiger partial charge < -0.3 is 10.4 Å². The van der Waals surface area contributed by atoms with E-state index in [2.05, 4.69) is 26.1 Å². The Balaban J connectivity index is 3.99. The molecule has 0 heterocycles. The van der Waals surface area contributed by atoms with E-state index in [1.807, 2.05) is 20.8 Å². The second-order valence-electron chi connectivity index (χ2n) is 4.77. The average Bonchev–Trinajstić information content (AvgIpc) is 1.56. The van der Waals surface area contributed by atoms with Crippen LogP contribution in [0.4, 0.5) is 0 Å². The Labute approximate surface area is 70.0 Å². The molecule has 0 bridgehead atoms. The van der Waals surface area contributed by atoms with Crippen molar-refractivity contribution in [1.82, 2.24) is 5.32 Å². The van der Waals surface area contributed by atoms with Crippen LogP contribution in [0.1, 0.15) is 41.5 Å². The van der Waals surface area contributed by atoms with Gasteiger partial charge in [-0.05, 0) is 41.5 Å². The molecule has 0 radical (unpaired) electrons. The number of hydrogen-bond donors (Lipinski definition) is 2. The van der Waals surface area contributed by atoms with Crippen LogP contribution in [0.25, 0.3) is 0 Å². The molecular formula is C9H21NO. The maximum Gasteiger partial charge on any atom is 0.0741 e. The molecule has 0 amide bonds. The summed E-state index contributed by atoms with van der Waals surface area (Å²) in [7, 11) is 0. The lowest BCUT2D eigenvalue weighted by Gasteiger charge is -2.33. The van der Waals surface area contributed by atoms with Crippen LogP contribution in [0.3, 0.4) is 0 Å². The van der Waals surface area contributed by atoms with Crippen molar-refractivity contribution >= 4 is 0 Å². The van der Waals surface area contributed by atoms with Gasteiger partial charge in [-0.1, -0.05) is 0 Å². The molecular weight excluding hydrogens is 138 g/mol. The summed E-state index contributed by atoms with van der Waals surface area (Å²) in [6.45, 7) is 11.9. The fourth-order valence-electron chi connectivity index (χ4n) is 0.826. The first-order valence-corrected chi connectivity index (χ1v) is 4.13. The van der Waals surface area contributed by atoms with Crippen molar-refractivity contribution < 1.29 is 5.11 Å². The van der Waals surface area contributed by atoms with E-state index in [9.17, 15) is 5.11 Å². The molecule has 0 saturated heterocycles. The molecule has 0 fully saturated rings. The summed E-state index contributed by atoms with van der Waals surface area (Å²) in [6, 6.07) is 0.113. The van der Waals surface area contributed by atoms with Crippen molar-refractivity contribution in [2.24, 2.45) is 0 Å². The van der Waals surface area contributed by atoms with Gasteiger partial charge in [0.1, 0.15) is 0 Å². The summed E-state index contributed by atoms with van der Waals surface area (Å²) in [5.74, 6) is 0. The molecule has 0 unspecified atom stereocenters. The molecule has 1 atom stereocenters. The van der Waals surface area contributed by atoms with E-state index in [1.54, 1.807) is 0 Å². The largest absolute Gasteiger partial charge is 0.389 e. The van der Waals surface area contributed by atoms with Crippen molar-refractivity contribution in [3.8, 4) is 0 Å². The zero-order valence-electron chi connectivity index (χ0n) is 8.52. The molecule has 0 aromatic rings. The molecule has 0 rings (SSSR count). The number of rotatable bonds is 2. The van der Waals surface area contributed by atoms with E-state index in [-0.39, 0.29) is 11.6 Å². The molecule has 2 heteroatoms. The normalized spacial score (nSPS) is 16.6. The number of hydrogen-bond acceptors (Lipinski definition) is 2. The van der Waals surface area contributed by atoms with Crippen LogP contribution in [-0.4, -0.2) is 22.3 Å². The van der Waals surface area contributed by atoms with Crippen LogP contribution >= 0.6 is 0 Å². The smallest absolute Gasteiger partial charge is 0.0741 e. The van der Waals surface area contributed by atoms with Gasteiger partial charge in [0.25, 0.3) is 0 Å². The van der Waals surface area contributed by atoms with E-state index in [0.29, 0.717) is 0 Å². The monoisotopic (exact) mass is 159 g/mol. The lowest BCUT2D eigenvalue weighted by atomic mass is 9.97. The third-order valence-electron chi connectivity index (χ3n) is 1.71. The van der Waals surface area contributed by atoms with Gasteiger partial charge in [-0.2, -0.15) is 0 Å². The van der Waals surface area contributed by atoms with Crippen molar-refractivity contribution in [3.63, 3.8) is 0 Å². The minimum Gasteiger partial charge on any atom is -0.389 e. The third kappa shape index (κ3) is 5.22. The predicted octanol–water partition coefficient (Wildman–Crippen LogP) is 1.53. The Hall–Kier alpha value is -0.0800. The first-order chi connectivity index (χ1) is 4.63. The molecule has 11 heavy (non-hydrogen) atoms. The van der Waals surface area contributed by atoms with Crippen LogP contribution < -0.4 is 5.32 Å². The first-order valence-electron chi connectivity index (χ1n) is 4.13. The van der Waals surface area contributed by atoms with Gasteiger partial charge in [-0.15, -0.1) is 0 Å². The fraction of sp³-hybridized carbons (Fsp3) is 1.00. The molecule has 0 aliphatic carbocycles. The van der Waals surface area contributed by atoms with Crippen LogP contribution in [0.2, 0.25) is 0 Å². The molecule has 2 nitrogen and oxygen atoms in total. The molecule has 0 aliphatic heterocycles. The minimum atomic E-state index is -0.646. The minimum absolute atomic E-state index is 0.0689. The predicted molar refractivity (Wildman–Crippen MR) is 48.6 cm³/mol. The topological polar surface area (TPSA) is 32.3 Å². The molecule has 0 spiro atoms. The van der Waals surface area contributed by atoms with E-state index < -0.39 is 5.60 Å². The van der Waals surface area contributed by atoms with Crippen molar-refractivity contribution in [2.75, 3.05) is 0 Å². The average molecular weight is 159 g/mol. The van der Waals surface area contributed by atoms with Crippen molar-refractivity contribution in [1.29, 1.82) is 0 Å². The summed E-state index contributed by atoms with van der Waals surface area (Å²) >= 11 is 0. The van der Waals surface area contributed by atoms with Crippen LogP contribution in [0, 0.1) is 0 Å². The van der Waals surface area contributed by atoms with Crippen LogP contribution in [-0.2, 0) is 0 Å². The first kappa shape index (κ1) is 10.9. The van der Waals surface area contributed by atoms with Gasteiger partial charge in [0, 0.05) is 11.6 Å². The zero-order chi connectivity index (χ0) is 9.28. The summed E-state index contributed by atoms with van der Waals surface area (Å²) < 4.78 is 0. The quantitative estimate of drug-likeness (QED) is 0.640. The van der Waals surface area contributed by atoms with Gasteiger partial charge in [0.2, 0.25) is 0 Å². The summed E-state index contributed by atoms with van der Waals surface area (Å²) in [5.41, 5.74) is -0.577. The summed E-state index contributed by atoms with van der Waals surface area (Å²) in [5, 5.41) is 12.9. The summed E-state index contributed by atoms with van der Waals surface area (Å²) in [6.07, 6.45) is 0. The lowest BCUT2D eigenvalue weighted by molar-refractivity contribution is 0.0349. The van der Waals surface area contributed by atoms with Gasteiger partial charge in [0.05, 0.1) is 5.60 Å². The molecule has 68 valence electrons. The molecule has 0 aromatic carbocycles. The van der Waals surface area contributed by atoms with E-state index in [4.69, 9.17) is 0 Å². The van der Waals surface area contributed by atoms with E-state index >= 15 is 0 Å². The Kier molecular flexibility index (Phi) is 3.09. The highest BCUT2D eigenvalue weighted by molar-refractivity contribution is 4.85. The second-order valence-corrected chi connectivity index (χ2v) is 4.77. The standard InChI is InChI=1S/C9H21NO/c1-7(9(5,6)11)10-8(2,3)4/h7,10-11H,1-6H3/t7-/m1/s1. The second kappa shape index (κ2) is 3.11. The Morgan fingerprint density at radius 1 is 1.09 bits per heavy atom. The Bertz CT molecular complexity index is 119. The molecule has 0 aromatic heterocycles. The Morgan fingerprint density at radius 3 is 1.55 bits per heavy atom. The highest BCUT2D eigenvalue weighted by Crippen LogP contribution is 2.11. The van der Waals surface area contributed by atoms with Gasteiger partial charge in [-0.25, -0.2) is 0 Å². The van der Waals surface area contributed by atoms with Crippen molar-refractivity contribution in [2.45, 2.75) is 58.7 Å². The van der Waals surface area contributed by atoms with E-state index in [0.717, 1.165) is 0 Å². The summed E-state index contributed by atoms with van der Waals surface area (Å²) in [4.78, 5) is 0. The fourth-order valence-corrected chi connectivity index (χ4v) is 0.826. The van der Waals surface area contributed by atoms with Crippen LogP contribution in [0.15, 0.2) is 0 Å². The van der Waals surface area contributed by atoms with Gasteiger partial charge in [0.15, 0.2) is 0 Å². The third-order valence-corrected chi connectivity index (χ3v) is 1.71. The maximum atomic E-state index is 9.59. The molecule has 0 saturated carbocycles.